The molecule has 0 radical (unpaired) electrons. The molecule has 1 fully saturated rings. The molecule has 1 heterocycles. The van der Waals surface area contributed by atoms with Gasteiger partial charge in [0.2, 0.25) is 0 Å². The monoisotopic (exact) mass is 424 g/mol. The van der Waals surface area contributed by atoms with E-state index in [4.69, 9.17) is 0 Å². The second kappa shape index (κ2) is 11.5. The minimum absolute atomic E-state index is 0. The molecule has 0 aromatic rings. The summed E-state index contributed by atoms with van der Waals surface area (Å²) in [4.78, 5) is 7.28. The summed E-state index contributed by atoms with van der Waals surface area (Å²) in [5.41, 5.74) is 0.0610. The molecule has 22 heavy (non-hydrogen) atoms. The van der Waals surface area contributed by atoms with Gasteiger partial charge in [0.05, 0.1) is 0 Å². The molecule has 1 rings (SSSR count). The Morgan fingerprint density at radius 2 is 1.82 bits per heavy atom. The molecule has 0 aromatic carbocycles. The van der Waals surface area contributed by atoms with Gasteiger partial charge in [0.1, 0.15) is 0 Å². The lowest BCUT2D eigenvalue weighted by Gasteiger charge is -2.30. The molecular weight excluding hydrogens is 387 g/mol. The van der Waals surface area contributed by atoms with Crippen molar-refractivity contribution >= 4 is 29.9 Å². The predicted molar refractivity (Wildman–Crippen MR) is 108 cm³/mol. The average Bonchev–Trinajstić information content (AvgIpc) is 2.39. The lowest BCUT2D eigenvalue weighted by atomic mass is 9.99. The number of piperidine rings is 1. The largest absolute Gasteiger partial charge is 0.357 e. The van der Waals surface area contributed by atoms with Gasteiger partial charge in [0.15, 0.2) is 5.96 Å². The lowest BCUT2D eigenvalue weighted by molar-refractivity contribution is 0.190. The van der Waals surface area contributed by atoms with Crippen molar-refractivity contribution in [2.24, 2.45) is 10.9 Å². The van der Waals surface area contributed by atoms with Crippen LogP contribution >= 0.6 is 24.0 Å². The van der Waals surface area contributed by atoms with Gasteiger partial charge < -0.3 is 15.5 Å². The van der Waals surface area contributed by atoms with Crippen LogP contribution in [0.4, 0.5) is 0 Å². The Kier molecular flexibility index (Phi) is 11.5. The van der Waals surface area contributed by atoms with Gasteiger partial charge in [-0.2, -0.15) is 0 Å². The van der Waals surface area contributed by atoms with Gasteiger partial charge in [0.25, 0.3) is 0 Å². The molecule has 0 unspecified atom stereocenters. The van der Waals surface area contributed by atoms with E-state index in [2.05, 4.69) is 55.1 Å². The number of rotatable bonds is 6. The number of aliphatic imine (C=N–C) groups is 1. The maximum absolute atomic E-state index is 4.67. The van der Waals surface area contributed by atoms with Crippen LogP contribution in [0.5, 0.6) is 0 Å². The summed E-state index contributed by atoms with van der Waals surface area (Å²) in [6.07, 6.45) is 5.18. The molecule has 0 aliphatic carbocycles. The molecule has 5 heteroatoms. The van der Waals surface area contributed by atoms with Crippen molar-refractivity contribution in [2.75, 3.05) is 32.7 Å². The summed E-state index contributed by atoms with van der Waals surface area (Å²) < 4.78 is 0. The summed E-state index contributed by atoms with van der Waals surface area (Å²) in [7, 11) is 0. The molecule has 132 valence electrons. The van der Waals surface area contributed by atoms with Gasteiger partial charge in [-0.05, 0) is 78.9 Å². The molecule has 2 N–H and O–H groups in total. The molecule has 0 bridgehead atoms. The Bertz CT molecular complexity index is 304. The van der Waals surface area contributed by atoms with Crippen LogP contribution in [-0.4, -0.2) is 49.1 Å². The zero-order valence-corrected chi connectivity index (χ0v) is 17.6. The van der Waals surface area contributed by atoms with Crippen molar-refractivity contribution in [3.05, 3.63) is 0 Å². The van der Waals surface area contributed by atoms with Crippen LogP contribution < -0.4 is 10.6 Å². The van der Waals surface area contributed by atoms with Crippen LogP contribution in [0.15, 0.2) is 4.99 Å². The van der Waals surface area contributed by atoms with Crippen LogP contribution in [0.2, 0.25) is 0 Å². The normalized spacial score (nSPS) is 18.0. The van der Waals surface area contributed by atoms with Crippen molar-refractivity contribution in [1.29, 1.82) is 0 Å². The first kappa shape index (κ1) is 22.0. The second-order valence-electron chi connectivity index (χ2n) is 7.37. The third-order valence-corrected chi connectivity index (χ3v) is 3.87. The number of nitrogens with zero attached hydrogens (tertiary/aromatic N) is 2. The van der Waals surface area contributed by atoms with E-state index in [1.807, 2.05) is 0 Å². The molecular formula is C17H37IN4. The maximum Gasteiger partial charge on any atom is 0.191 e. The molecule has 1 saturated heterocycles. The first-order valence-corrected chi connectivity index (χ1v) is 8.69. The standard InChI is InChI=1S/C17H36N4.HI/c1-6-18-16(20-17(3,4)5)19-11-7-8-12-21-13-9-15(2)10-14-21;/h15H,6-14H2,1-5H3,(H2,18,19,20);1H. The highest BCUT2D eigenvalue weighted by Gasteiger charge is 2.14. The topological polar surface area (TPSA) is 39.7 Å². The van der Waals surface area contributed by atoms with Crippen molar-refractivity contribution in [2.45, 2.75) is 65.8 Å². The third kappa shape index (κ3) is 10.6. The van der Waals surface area contributed by atoms with Gasteiger partial charge in [-0.3, -0.25) is 4.99 Å². The van der Waals surface area contributed by atoms with Crippen LogP contribution in [0.1, 0.15) is 60.3 Å². The first-order chi connectivity index (χ1) is 9.90. The van der Waals surface area contributed by atoms with Crippen LogP contribution in [0, 0.1) is 5.92 Å². The highest BCUT2D eigenvalue weighted by Crippen LogP contribution is 2.16. The highest BCUT2D eigenvalue weighted by molar-refractivity contribution is 14.0. The van der Waals surface area contributed by atoms with Crippen LogP contribution in [0.3, 0.4) is 0 Å². The molecule has 0 spiro atoms. The van der Waals surface area contributed by atoms with E-state index >= 15 is 0 Å². The zero-order chi connectivity index (χ0) is 15.7. The molecule has 1 aliphatic heterocycles. The Morgan fingerprint density at radius 1 is 1.18 bits per heavy atom. The Hall–Kier alpha value is -0.0400. The lowest BCUT2D eigenvalue weighted by Crippen LogP contribution is -2.47. The number of halogens is 1. The zero-order valence-electron chi connectivity index (χ0n) is 15.2. The minimum atomic E-state index is 0. The highest BCUT2D eigenvalue weighted by atomic mass is 127. The molecule has 0 amide bonds. The molecule has 0 aromatic heterocycles. The van der Waals surface area contributed by atoms with Crippen molar-refractivity contribution < 1.29 is 0 Å². The summed E-state index contributed by atoms with van der Waals surface area (Å²) in [6.45, 7) is 16.6. The smallest absolute Gasteiger partial charge is 0.191 e. The third-order valence-electron chi connectivity index (χ3n) is 3.87. The van der Waals surface area contributed by atoms with E-state index in [1.54, 1.807) is 0 Å². The molecule has 0 atom stereocenters. The fourth-order valence-electron chi connectivity index (χ4n) is 2.59. The van der Waals surface area contributed by atoms with E-state index in [0.29, 0.717) is 0 Å². The number of hydrogen-bond donors (Lipinski definition) is 2. The molecule has 1 aliphatic rings. The van der Waals surface area contributed by atoms with Crippen molar-refractivity contribution in [3.63, 3.8) is 0 Å². The van der Waals surface area contributed by atoms with Gasteiger partial charge in [0, 0.05) is 18.6 Å². The first-order valence-electron chi connectivity index (χ1n) is 8.69. The fourth-order valence-corrected chi connectivity index (χ4v) is 2.59. The van der Waals surface area contributed by atoms with Gasteiger partial charge in [-0.15, -0.1) is 24.0 Å². The summed E-state index contributed by atoms with van der Waals surface area (Å²) >= 11 is 0. The molecule has 0 saturated carbocycles. The number of guanidine groups is 1. The van der Waals surface area contributed by atoms with Gasteiger partial charge in [-0.25, -0.2) is 0 Å². The average molecular weight is 424 g/mol. The summed E-state index contributed by atoms with van der Waals surface area (Å²) in [5.74, 6) is 1.87. The maximum atomic E-state index is 4.67. The van der Waals surface area contributed by atoms with Crippen LogP contribution in [-0.2, 0) is 0 Å². The fraction of sp³-hybridized carbons (Fsp3) is 0.941. The summed E-state index contributed by atoms with van der Waals surface area (Å²) in [6, 6.07) is 0. The van der Waals surface area contributed by atoms with Gasteiger partial charge in [-0.1, -0.05) is 6.92 Å². The Balaban J connectivity index is 0.00000441. The Labute approximate surface area is 154 Å². The summed E-state index contributed by atoms with van der Waals surface area (Å²) in [5, 5.41) is 6.74. The van der Waals surface area contributed by atoms with Crippen molar-refractivity contribution in [1.82, 2.24) is 15.5 Å². The van der Waals surface area contributed by atoms with Gasteiger partial charge >= 0.3 is 0 Å². The van der Waals surface area contributed by atoms with E-state index in [0.717, 1.165) is 25.0 Å². The number of hydrogen-bond acceptors (Lipinski definition) is 2. The van der Waals surface area contributed by atoms with E-state index < -0.39 is 0 Å². The minimum Gasteiger partial charge on any atom is -0.357 e. The number of nitrogens with one attached hydrogen (secondary N) is 2. The SMILES string of the molecule is CCNC(=NCCCCN1CCC(C)CC1)NC(C)(C)C.I. The number of likely N-dealkylation sites (tertiary alicyclic amines) is 1. The van der Waals surface area contributed by atoms with E-state index in [-0.39, 0.29) is 29.5 Å². The van der Waals surface area contributed by atoms with Crippen molar-refractivity contribution in [3.8, 4) is 0 Å². The number of unbranched alkanes of at least 4 members (excludes halogenated alkanes) is 1. The second-order valence-corrected chi connectivity index (χ2v) is 7.37. The van der Waals surface area contributed by atoms with E-state index in [1.165, 1.54) is 45.3 Å². The van der Waals surface area contributed by atoms with E-state index in [9.17, 15) is 0 Å². The Morgan fingerprint density at radius 3 is 2.36 bits per heavy atom. The quantitative estimate of drug-likeness (QED) is 0.297. The van der Waals surface area contributed by atoms with Crippen LogP contribution in [0.25, 0.3) is 0 Å². The predicted octanol–water partition coefficient (Wildman–Crippen LogP) is 3.47. The molecule has 4 nitrogen and oxygen atoms in total.